The predicted molar refractivity (Wildman–Crippen MR) is 183 cm³/mol. The van der Waals surface area contributed by atoms with Crippen LogP contribution in [0.25, 0.3) is 0 Å². The molecule has 0 unspecified atom stereocenters. The zero-order valence-corrected chi connectivity index (χ0v) is 29.3. The number of aromatic hydroxyl groups is 5. The molecule has 49 heavy (non-hydrogen) atoms. The van der Waals surface area contributed by atoms with E-state index in [-0.39, 0.29) is 103 Å². The number of phenols is 5. The molecule has 1 aliphatic rings. The molecule has 0 radical (unpaired) electrons. The molecule has 6 aromatic rings. The van der Waals surface area contributed by atoms with E-state index < -0.39 is 0 Å². The standard InChI is InChI=1S/C42H36O6.Na/c43-37-25-7-1-8-26(37)20-28-10-3-12-30(39(28)45)22-32-14-5-16-34(41(32)47)24-36-18-6-17-35(42(36)48)23-33-15-4-13-31(40(33)46)21-29-11-2-9-27(19-25)38(29)44;/h1-18,43-48H,19-24H2;/q;+1/p-1. The number of hydrogen-bond acceptors (Lipinski definition) is 6. The van der Waals surface area contributed by atoms with Crippen molar-refractivity contribution in [3.05, 3.63) is 176 Å². The summed E-state index contributed by atoms with van der Waals surface area (Å²) in [6.07, 6.45) is 1.51. The van der Waals surface area contributed by atoms with Crippen LogP contribution in [0.5, 0.6) is 34.5 Å². The van der Waals surface area contributed by atoms with Crippen LogP contribution in [0.2, 0.25) is 0 Å². The van der Waals surface area contributed by atoms with Crippen molar-refractivity contribution in [3.8, 4) is 34.5 Å². The molecule has 7 rings (SSSR count). The first-order valence-corrected chi connectivity index (χ1v) is 16.0. The molecule has 6 nitrogen and oxygen atoms in total. The van der Waals surface area contributed by atoms with Gasteiger partial charge in [0.1, 0.15) is 28.7 Å². The van der Waals surface area contributed by atoms with Crippen LogP contribution in [0.3, 0.4) is 0 Å². The summed E-state index contributed by atoms with van der Waals surface area (Å²) in [6, 6.07) is 32.6. The van der Waals surface area contributed by atoms with E-state index in [2.05, 4.69) is 0 Å². The maximum Gasteiger partial charge on any atom is 1.00 e. The van der Waals surface area contributed by atoms with Crippen LogP contribution in [-0.2, 0) is 38.5 Å². The Labute approximate surface area is 307 Å². The molecule has 6 aromatic carbocycles. The van der Waals surface area contributed by atoms with E-state index in [1.165, 1.54) is 0 Å². The summed E-state index contributed by atoms with van der Waals surface area (Å²) in [6.45, 7) is 0. The molecule has 0 aromatic heterocycles. The van der Waals surface area contributed by atoms with Crippen LogP contribution in [0.4, 0.5) is 0 Å². The van der Waals surface area contributed by atoms with Crippen LogP contribution >= 0.6 is 0 Å². The minimum absolute atomic E-state index is 0. The second kappa shape index (κ2) is 14.3. The molecule has 0 aliphatic heterocycles. The molecule has 12 bridgehead atoms. The van der Waals surface area contributed by atoms with Gasteiger partial charge in [0.25, 0.3) is 0 Å². The van der Waals surface area contributed by atoms with E-state index >= 15 is 0 Å². The third-order valence-electron chi connectivity index (χ3n) is 9.48. The minimum atomic E-state index is -0.149. The summed E-state index contributed by atoms with van der Waals surface area (Å²) in [5.74, 6) is 0.273. The molecule has 5 N–H and O–H groups in total. The smallest absolute Gasteiger partial charge is 0.872 e. The Balaban J connectivity index is 0.00000417. The van der Waals surface area contributed by atoms with Crippen molar-refractivity contribution in [1.82, 2.24) is 0 Å². The Kier molecular flexibility index (Phi) is 9.93. The average molecular weight is 659 g/mol. The largest absolute Gasteiger partial charge is 1.00 e. The zero-order chi connectivity index (χ0) is 33.4. The van der Waals surface area contributed by atoms with E-state index in [0.717, 1.165) is 0 Å². The van der Waals surface area contributed by atoms with Gasteiger partial charge in [0, 0.05) is 38.5 Å². The molecule has 0 amide bonds. The van der Waals surface area contributed by atoms with Crippen molar-refractivity contribution in [2.24, 2.45) is 0 Å². The maximum atomic E-state index is 13.7. The normalized spacial score (nSPS) is 12.7. The molecule has 0 spiro atoms. The van der Waals surface area contributed by atoms with Crippen LogP contribution < -0.4 is 34.7 Å². The van der Waals surface area contributed by atoms with Crippen LogP contribution in [0.15, 0.2) is 109 Å². The van der Waals surface area contributed by atoms with Crippen molar-refractivity contribution in [3.63, 3.8) is 0 Å². The van der Waals surface area contributed by atoms with Gasteiger partial charge in [0.2, 0.25) is 0 Å². The average Bonchev–Trinajstić information content (AvgIpc) is 3.07. The fraction of sp³-hybridized carbons (Fsp3) is 0.143. The molecule has 0 atom stereocenters. The number of benzene rings is 6. The monoisotopic (exact) mass is 658 g/mol. The quantitative estimate of drug-likeness (QED) is 0.156. The Bertz CT molecular complexity index is 1650. The molecular weight excluding hydrogens is 623 g/mol. The topological polar surface area (TPSA) is 124 Å². The Morgan fingerprint density at radius 3 is 0.612 bits per heavy atom. The summed E-state index contributed by atoms with van der Waals surface area (Å²) < 4.78 is 0. The van der Waals surface area contributed by atoms with Crippen molar-refractivity contribution in [1.29, 1.82) is 0 Å². The Morgan fingerprint density at radius 2 is 0.429 bits per heavy atom. The second-order valence-corrected chi connectivity index (χ2v) is 12.6. The van der Waals surface area contributed by atoms with Gasteiger partial charge in [-0.2, -0.15) is 0 Å². The summed E-state index contributed by atoms with van der Waals surface area (Å²) in [7, 11) is 0. The number of para-hydroxylation sites is 6. The van der Waals surface area contributed by atoms with Gasteiger partial charge in [0.05, 0.1) is 0 Å². The Morgan fingerprint density at radius 1 is 0.286 bits per heavy atom. The van der Waals surface area contributed by atoms with E-state index in [1.807, 2.05) is 72.8 Å². The number of fused-ring (bicyclic) bond motifs is 12. The molecule has 0 fully saturated rings. The SMILES string of the molecule is [Na+].[O-]c1c2cccc1Cc1cccc(c1O)Cc1cccc(c1O)Cc1cccc(c1O)Cc1cccc(c1O)Cc1cccc(c1O)C2. The van der Waals surface area contributed by atoms with Gasteiger partial charge in [-0.25, -0.2) is 0 Å². The minimum Gasteiger partial charge on any atom is -0.872 e. The van der Waals surface area contributed by atoms with Gasteiger partial charge in [0.15, 0.2) is 0 Å². The van der Waals surface area contributed by atoms with Gasteiger partial charge in [-0.3, -0.25) is 0 Å². The fourth-order valence-electron chi connectivity index (χ4n) is 6.80. The van der Waals surface area contributed by atoms with Crippen molar-refractivity contribution < 1.29 is 60.2 Å². The van der Waals surface area contributed by atoms with E-state index in [4.69, 9.17) is 0 Å². The van der Waals surface area contributed by atoms with Crippen LogP contribution in [0.1, 0.15) is 66.8 Å². The van der Waals surface area contributed by atoms with E-state index in [9.17, 15) is 30.6 Å². The third kappa shape index (κ3) is 6.86. The van der Waals surface area contributed by atoms with Gasteiger partial charge in [-0.1, -0.05) is 120 Å². The molecule has 7 heteroatoms. The van der Waals surface area contributed by atoms with E-state index in [0.29, 0.717) is 66.8 Å². The molecule has 240 valence electrons. The summed E-state index contributed by atoms with van der Waals surface area (Å²) in [5, 5.41) is 70.3. The first-order chi connectivity index (χ1) is 23.3. The maximum absolute atomic E-state index is 13.7. The van der Waals surface area contributed by atoms with Crippen LogP contribution in [-0.4, -0.2) is 25.5 Å². The molecule has 0 saturated heterocycles. The third-order valence-corrected chi connectivity index (χ3v) is 9.48. The summed E-state index contributed by atoms with van der Waals surface area (Å²) in [5.41, 5.74) is 7.26. The molecule has 0 heterocycles. The zero-order valence-electron chi connectivity index (χ0n) is 27.3. The summed E-state index contributed by atoms with van der Waals surface area (Å²) in [4.78, 5) is 0. The van der Waals surface area contributed by atoms with Gasteiger partial charge in [-0.15, -0.1) is 5.75 Å². The van der Waals surface area contributed by atoms with Gasteiger partial charge < -0.3 is 30.6 Å². The van der Waals surface area contributed by atoms with Crippen molar-refractivity contribution in [2.45, 2.75) is 38.5 Å². The number of phenolic OH excluding ortho intramolecular Hbond substituents is 5. The second-order valence-electron chi connectivity index (χ2n) is 12.6. The number of rotatable bonds is 0. The predicted octanol–water partition coefficient (Wildman–Crippen LogP) is 4.15. The fourth-order valence-corrected chi connectivity index (χ4v) is 6.80. The summed E-state index contributed by atoms with van der Waals surface area (Å²) >= 11 is 0. The first kappa shape index (κ1) is 34.0. The van der Waals surface area contributed by atoms with Gasteiger partial charge >= 0.3 is 29.6 Å². The van der Waals surface area contributed by atoms with Crippen LogP contribution in [0, 0.1) is 0 Å². The van der Waals surface area contributed by atoms with E-state index in [1.54, 1.807) is 36.4 Å². The van der Waals surface area contributed by atoms with Gasteiger partial charge in [-0.05, 0) is 55.6 Å². The van der Waals surface area contributed by atoms with Crippen molar-refractivity contribution in [2.75, 3.05) is 0 Å². The molecular formula is C42H35NaO6. The van der Waals surface area contributed by atoms with Crippen molar-refractivity contribution >= 4 is 0 Å². The number of hydrogen-bond donors (Lipinski definition) is 5. The molecule has 1 aliphatic carbocycles. The molecule has 0 saturated carbocycles. The Hall–Kier alpha value is -4.88. The first-order valence-electron chi connectivity index (χ1n) is 16.0.